The molecule has 1 aromatic heterocycles. The Morgan fingerprint density at radius 2 is 1.55 bits per heavy atom. The summed E-state index contributed by atoms with van der Waals surface area (Å²) in [7, 11) is 0. The van der Waals surface area contributed by atoms with Crippen LogP contribution in [-0.4, -0.2) is 21.8 Å². The van der Waals surface area contributed by atoms with Gasteiger partial charge in [0.15, 0.2) is 0 Å². The molecule has 0 radical (unpaired) electrons. The molecule has 0 spiro atoms. The predicted molar refractivity (Wildman–Crippen MR) is 82.1 cm³/mol. The van der Waals surface area contributed by atoms with Gasteiger partial charge in [-0.25, -0.2) is 10.4 Å². The molecule has 0 unspecified atom stereocenters. The summed E-state index contributed by atoms with van der Waals surface area (Å²) in [6, 6.07) is 14.8. The van der Waals surface area contributed by atoms with E-state index in [1.807, 2.05) is 30.5 Å². The minimum Gasteiger partial charge on any atom is -0.361 e. The Labute approximate surface area is 126 Å². The second-order valence-corrected chi connectivity index (χ2v) is 5.19. The number of nitrogens with zero attached hydrogens (tertiary/aromatic N) is 1. The van der Waals surface area contributed by atoms with Gasteiger partial charge in [-0.15, -0.1) is 0 Å². The van der Waals surface area contributed by atoms with Crippen molar-refractivity contribution in [3.63, 3.8) is 0 Å². The fourth-order valence-corrected chi connectivity index (χ4v) is 2.77. The van der Waals surface area contributed by atoms with E-state index in [4.69, 9.17) is 0 Å². The second kappa shape index (κ2) is 4.82. The fraction of sp³-hybridized carbons (Fsp3) is 0.0588. The zero-order valence-corrected chi connectivity index (χ0v) is 11.7. The van der Waals surface area contributed by atoms with Gasteiger partial charge >= 0.3 is 0 Å². The van der Waals surface area contributed by atoms with Gasteiger partial charge in [-0.3, -0.25) is 9.59 Å². The SMILES string of the molecule is O=C1c2ccccc2C(=O)N1NCc1c[nH]c2ccccc12. The van der Waals surface area contributed by atoms with Crippen molar-refractivity contribution < 1.29 is 9.59 Å². The first-order valence-corrected chi connectivity index (χ1v) is 7.02. The van der Waals surface area contributed by atoms with E-state index in [1.54, 1.807) is 24.3 Å². The van der Waals surface area contributed by atoms with E-state index in [1.165, 1.54) is 0 Å². The van der Waals surface area contributed by atoms with Gasteiger partial charge in [-0.2, -0.15) is 0 Å². The minimum atomic E-state index is -0.305. The number of hydrogen-bond acceptors (Lipinski definition) is 3. The highest BCUT2D eigenvalue weighted by molar-refractivity contribution is 6.20. The Kier molecular flexibility index (Phi) is 2.80. The Morgan fingerprint density at radius 3 is 2.27 bits per heavy atom. The number of benzene rings is 2. The summed E-state index contributed by atoms with van der Waals surface area (Å²) in [4.78, 5) is 27.7. The molecule has 5 nitrogen and oxygen atoms in total. The summed E-state index contributed by atoms with van der Waals surface area (Å²) in [5.41, 5.74) is 5.86. The molecule has 2 aromatic carbocycles. The van der Waals surface area contributed by atoms with Crippen LogP contribution in [0.5, 0.6) is 0 Å². The van der Waals surface area contributed by atoms with E-state index in [9.17, 15) is 9.59 Å². The third-order valence-electron chi connectivity index (χ3n) is 3.90. The van der Waals surface area contributed by atoms with Crippen LogP contribution in [0, 0.1) is 0 Å². The molecule has 22 heavy (non-hydrogen) atoms. The number of rotatable bonds is 3. The van der Waals surface area contributed by atoms with Crippen molar-refractivity contribution >= 4 is 22.7 Å². The van der Waals surface area contributed by atoms with Crippen LogP contribution in [0.15, 0.2) is 54.7 Å². The number of carbonyl (C=O) groups excluding carboxylic acids is 2. The van der Waals surface area contributed by atoms with E-state index in [0.29, 0.717) is 17.7 Å². The van der Waals surface area contributed by atoms with Crippen molar-refractivity contribution in [3.8, 4) is 0 Å². The van der Waals surface area contributed by atoms with E-state index in [0.717, 1.165) is 21.5 Å². The first kappa shape index (κ1) is 12.8. The smallest absolute Gasteiger partial charge is 0.276 e. The molecule has 2 amide bonds. The minimum absolute atomic E-state index is 0.305. The van der Waals surface area contributed by atoms with Gasteiger partial charge in [0.25, 0.3) is 11.8 Å². The normalized spacial score (nSPS) is 13.9. The average Bonchev–Trinajstić information content (AvgIpc) is 3.07. The maximum Gasteiger partial charge on any atom is 0.276 e. The molecule has 0 fully saturated rings. The third-order valence-corrected chi connectivity index (χ3v) is 3.90. The zero-order valence-electron chi connectivity index (χ0n) is 11.7. The van der Waals surface area contributed by atoms with Crippen LogP contribution in [0.4, 0.5) is 0 Å². The standard InChI is InChI=1S/C17H13N3O2/c21-16-13-6-1-2-7-14(13)17(22)20(16)19-10-11-9-18-15-8-4-3-5-12(11)15/h1-9,18-19H,10H2. The lowest BCUT2D eigenvalue weighted by atomic mass is 10.1. The molecule has 5 heteroatoms. The number of para-hydroxylation sites is 1. The van der Waals surface area contributed by atoms with Crippen LogP contribution in [0.2, 0.25) is 0 Å². The lowest BCUT2D eigenvalue weighted by molar-refractivity contribution is 0.0562. The summed E-state index contributed by atoms with van der Waals surface area (Å²) in [5, 5.41) is 2.17. The lowest BCUT2D eigenvalue weighted by Gasteiger charge is -2.14. The molecule has 0 atom stereocenters. The van der Waals surface area contributed by atoms with Gasteiger partial charge in [0.2, 0.25) is 0 Å². The van der Waals surface area contributed by atoms with E-state index in [2.05, 4.69) is 10.4 Å². The fourth-order valence-electron chi connectivity index (χ4n) is 2.77. The molecule has 0 bridgehead atoms. The highest BCUT2D eigenvalue weighted by Gasteiger charge is 2.35. The Balaban J connectivity index is 1.58. The van der Waals surface area contributed by atoms with Crippen molar-refractivity contribution in [1.29, 1.82) is 0 Å². The number of hydrazine groups is 1. The number of aromatic nitrogens is 1. The first-order chi connectivity index (χ1) is 10.8. The van der Waals surface area contributed by atoms with Crippen LogP contribution in [0.25, 0.3) is 10.9 Å². The maximum absolute atomic E-state index is 12.3. The van der Waals surface area contributed by atoms with Gasteiger partial charge in [0, 0.05) is 23.6 Å². The Bertz CT molecular complexity index is 863. The maximum atomic E-state index is 12.3. The molecular weight excluding hydrogens is 278 g/mol. The van der Waals surface area contributed by atoms with Crippen molar-refractivity contribution in [1.82, 2.24) is 15.4 Å². The molecule has 2 N–H and O–H groups in total. The molecular formula is C17H13N3O2. The van der Waals surface area contributed by atoms with Crippen molar-refractivity contribution in [2.45, 2.75) is 6.54 Å². The molecule has 4 rings (SSSR count). The highest BCUT2D eigenvalue weighted by Crippen LogP contribution is 2.22. The van der Waals surface area contributed by atoms with E-state index >= 15 is 0 Å². The summed E-state index contributed by atoms with van der Waals surface area (Å²) in [6.45, 7) is 0.398. The summed E-state index contributed by atoms with van der Waals surface area (Å²) >= 11 is 0. The first-order valence-electron chi connectivity index (χ1n) is 7.02. The molecule has 3 aromatic rings. The van der Waals surface area contributed by atoms with Gasteiger partial charge in [-0.1, -0.05) is 30.3 Å². The molecule has 0 aliphatic carbocycles. The van der Waals surface area contributed by atoms with Crippen molar-refractivity contribution in [2.24, 2.45) is 0 Å². The van der Waals surface area contributed by atoms with Gasteiger partial charge in [0.1, 0.15) is 0 Å². The van der Waals surface area contributed by atoms with Crippen molar-refractivity contribution in [3.05, 3.63) is 71.4 Å². The van der Waals surface area contributed by atoms with Crippen LogP contribution < -0.4 is 5.43 Å². The number of hydrogen-bond donors (Lipinski definition) is 2. The van der Waals surface area contributed by atoms with E-state index in [-0.39, 0.29) is 11.8 Å². The molecule has 1 aliphatic rings. The van der Waals surface area contributed by atoms with Gasteiger partial charge < -0.3 is 4.98 Å². The van der Waals surface area contributed by atoms with Crippen LogP contribution in [0.3, 0.4) is 0 Å². The topological polar surface area (TPSA) is 65.2 Å². The monoisotopic (exact) mass is 291 g/mol. The lowest BCUT2D eigenvalue weighted by Crippen LogP contribution is -2.41. The molecule has 108 valence electrons. The average molecular weight is 291 g/mol. The Morgan fingerprint density at radius 1 is 0.909 bits per heavy atom. The van der Waals surface area contributed by atoms with Crippen LogP contribution in [-0.2, 0) is 6.54 Å². The number of H-pyrrole nitrogens is 1. The summed E-state index contributed by atoms with van der Waals surface area (Å²) in [6.07, 6.45) is 1.88. The molecule has 0 saturated heterocycles. The van der Waals surface area contributed by atoms with Crippen molar-refractivity contribution in [2.75, 3.05) is 0 Å². The number of fused-ring (bicyclic) bond motifs is 2. The zero-order chi connectivity index (χ0) is 15.1. The number of aromatic amines is 1. The van der Waals surface area contributed by atoms with E-state index < -0.39 is 0 Å². The third kappa shape index (κ3) is 1.83. The van der Waals surface area contributed by atoms with Gasteiger partial charge in [0.05, 0.1) is 11.1 Å². The largest absolute Gasteiger partial charge is 0.361 e. The predicted octanol–water partition coefficient (Wildman–Crippen LogP) is 2.47. The van der Waals surface area contributed by atoms with Crippen LogP contribution >= 0.6 is 0 Å². The summed E-state index contributed by atoms with van der Waals surface area (Å²) in [5.74, 6) is -0.610. The second-order valence-electron chi connectivity index (χ2n) is 5.19. The van der Waals surface area contributed by atoms with Gasteiger partial charge in [-0.05, 0) is 23.8 Å². The quantitative estimate of drug-likeness (QED) is 0.729. The molecule has 2 heterocycles. The van der Waals surface area contributed by atoms with Crippen LogP contribution in [0.1, 0.15) is 26.3 Å². The number of amides is 2. The Hall–Kier alpha value is -2.92. The molecule has 1 aliphatic heterocycles. The number of nitrogens with one attached hydrogen (secondary N) is 2. The highest BCUT2D eigenvalue weighted by atomic mass is 16.2. The summed E-state index contributed by atoms with van der Waals surface area (Å²) < 4.78 is 0. The number of imide groups is 1. The molecule has 0 saturated carbocycles. The number of carbonyl (C=O) groups is 2.